The van der Waals surface area contributed by atoms with Crippen molar-refractivity contribution in [2.24, 2.45) is 5.73 Å². The van der Waals surface area contributed by atoms with Crippen molar-refractivity contribution in [3.8, 4) is 0 Å². The average Bonchev–Trinajstić information content (AvgIpc) is 1.77. The fraction of sp³-hybridized carbons (Fsp3) is 0.800. The Kier molecular flexibility index (Phi) is 5.49. The molecule has 1 unspecified atom stereocenters. The van der Waals surface area contributed by atoms with Gasteiger partial charge in [-0.25, -0.2) is 0 Å². The number of likely N-dealkylation sites (tertiary alicyclic amines) is 1. The molecule has 70 valence electrons. The van der Waals surface area contributed by atoms with Crippen molar-refractivity contribution in [2.75, 3.05) is 13.0 Å². The van der Waals surface area contributed by atoms with Crippen molar-refractivity contribution < 1.29 is 69.1 Å². The summed E-state index contributed by atoms with van der Waals surface area (Å²) in [5.74, 6) is -0.665. The molecule has 0 saturated carbocycles. The van der Waals surface area contributed by atoms with E-state index < -0.39 is 25.4 Å². The number of amides is 1. The first-order valence-electron chi connectivity index (χ1n) is 3.64. The van der Waals surface area contributed by atoms with Crippen LogP contribution < -0.4 is 57.1 Å². The Morgan fingerprint density at radius 3 is 2.31 bits per heavy atom. The van der Waals surface area contributed by atoms with E-state index in [9.17, 15) is 17.7 Å². The summed E-state index contributed by atoms with van der Waals surface area (Å²) in [7, 11) is 0. The Hall–Kier alpha value is 0.921. The van der Waals surface area contributed by atoms with Crippen LogP contribution in [0.5, 0.6) is 0 Å². The SMILES string of the molecule is NC(=O)C1CCN1C[B-](F)(F)F.[K+]. The molecular formula is C5H9BF3KN2O. The van der Waals surface area contributed by atoms with E-state index in [-0.39, 0.29) is 51.4 Å². The van der Waals surface area contributed by atoms with Gasteiger partial charge in [-0.05, 0) is 19.4 Å². The summed E-state index contributed by atoms with van der Waals surface area (Å²) in [6.45, 7) is -4.52. The summed E-state index contributed by atoms with van der Waals surface area (Å²) >= 11 is 0. The number of nitrogens with two attached hydrogens (primary N) is 1. The van der Waals surface area contributed by atoms with Gasteiger partial charge in [0.2, 0.25) is 5.91 Å². The monoisotopic (exact) mass is 220 g/mol. The number of rotatable bonds is 3. The Labute approximate surface area is 117 Å². The van der Waals surface area contributed by atoms with Gasteiger partial charge in [0.05, 0.1) is 6.04 Å². The molecule has 0 bridgehead atoms. The second kappa shape index (κ2) is 5.13. The molecule has 0 spiro atoms. The van der Waals surface area contributed by atoms with Crippen molar-refractivity contribution in [3.63, 3.8) is 0 Å². The van der Waals surface area contributed by atoms with Crippen molar-refractivity contribution in [2.45, 2.75) is 12.5 Å². The molecule has 0 aromatic rings. The smallest absolute Gasteiger partial charge is 0.448 e. The Morgan fingerprint density at radius 2 is 2.08 bits per heavy atom. The van der Waals surface area contributed by atoms with Gasteiger partial charge in [0, 0.05) is 0 Å². The third-order valence-electron chi connectivity index (χ3n) is 1.90. The number of nitrogens with zero attached hydrogens (tertiary/aromatic N) is 1. The maximum absolute atomic E-state index is 11.8. The van der Waals surface area contributed by atoms with Crippen LogP contribution in [-0.2, 0) is 4.79 Å². The average molecular weight is 220 g/mol. The van der Waals surface area contributed by atoms with Crippen molar-refractivity contribution in [1.82, 2.24) is 4.90 Å². The van der Waals surface area contributed by atoms with Crippen LogP contribution in [0.2, 0.25) is 0 Å². The molecule has 1 saturated heterocycles. The van der Waals surface area contributed by atoms with Crippen molar-refractivity contribution >= 4 is 12.9 Å². The summed E-state index contributed by atoms with van der Waals surface area (Å²) in [6.07, 6.45) is -0.533. The zero-order valence-electron chi connectivity index (χ0n) is 7.34. The third-order valence-corrected chi connectivity index (χ3v) is 1.90. The van der Waals surface area contributed by atoms with Crippen LogP contribution in [0.25, 0.3) is 0 Å². The van der Waals surface area contributed by atoms with E-state index in [1.165, 1.54) is 0 Å². The summed E-state index contributed by atoms with van der Waals surface area (Å²) < 4.78 is 35.5. The first-order chi connectivity index (χ1) is 5.40. The molecule has 1 fully saturated rings. The summed E-state index contributed by atoms with van der Waals surface area (Å²) in [5, 5.41) is 0. The molecule has 8 heteroatoms. The molecule has 0 aromatic carbocycles. The third kappa shape index (κ3) is 4.30. The van der Waals surface area contributed by atoms with E-state index in [0.29, 0.717) is 13.0 Å². The molecule has 0 aliphatic carbocycles. The van der Waals surface area contributed by atoms with Gasteiger partial charge >= 0.3 is 58.4 Å². The van der Waals surface area contributed by atoms with Crippen molar-refractivity contribution in [1.29, 1.82) is 0 Å². The molecule has 1 amide bonds. The summed E-state index contributed by atoms with van der Waals surface area (Å²) in [4.78, 5) is 11.6. The standard InChI is InChI=1S/C5H9BF3N2O.K/c7-6(8,9)3-11-2-1-4(11)5(10)12;/h4H,1-3H2,(H2,10,12);/q-1;+1. The Balaban J connectivity index is 0.00000144. The minimum atomic E-state index is -4.83. The molecule has 0 aromatic heterocycles. The molecular weight excluding hydrogens is 211 g/mol. The maximum atomic E-state index is 11.8. The largest absolute Gasteiger partial charge is 1.00 e. The number of halogens is 3. The van der Waals surface area contributed by atoms with Gasteiger partial charge in [-0.2, -0.15) is 0 Å². The number of hydrogen-bond acceptors (Lipinski definition) is 2. The minimum Gasteiger partial charge on any atom is -0.448 e. The Bertz CT molecular complexity index is 201. The minimum absolute atomic E-state index is 0. The predicted molar refractivity (Wildman–Crippen MR) is 38.3 cm³/mol. The van der Waals surface area contributed by atoms with Gasteiger partial charge in [0.25, 0.3) is 0 Å². The first kappa shape index (κ1) is 13.9. The zero-order chi connectivity index (χ0) is 9.35. The second-order valence-electron chi connectivity index (χ2n) is 2.91. The molecule has 13 heavy (non-hydrogen) atoms. The maximum Gasteiger partial charge on any atom is 1.00 e. The molecule has 0 radical (unpaired) electrons. The zero-order valence-corrected chi connectivity index (χ0v) is 10.5. The van der Waals surface area contributed by atoms with Gasteiger partial charge in [0.15, 0.2) is 0 Å². The predicted octanol–water partition coefficient (Wildman–Crippen LogP) is -3.06. The molecule has 1 heterocycles. The molecule has 1 aliphatic rings. The van der Waals surface area contributed by atoms with Gasteiger partial charge in [-0.1, -0.05) is 0 Å². The van der Waals surface area contributed by atoms with E-state index in [2.05, 4.69) is 0 Å². The topological polar surface area (TPSA) is 46.3 Å². The van der Waals surface area contributed by atoms with Crippen LogP contribution in [0.15, 0.2) is 0 Å². The van der Waals surface area contributed by atoms with E-state index >= 15 is 0 Å². The fourth-order valence-electron chi connectivity index (χ4n) is 1.25. The van der Waals surface area contributed by atoms with E-state index in [1.807, 2.05) is 0 Å². The van der Waals surface area contributed by atoms with Gasteiger partial charge in [-0.3, -0.25) is 4.79 Å². The van der Waals surface area contributed by atoms with Crippen LogP contribution in [0.1, 0.15) is 6.42 Å². The van der Waals surface area contributed by atoms with E-state index in [1.54, 1.807) is 0 Å². The molecule has 1 rings (SSSR count). The van der Waals surface area contributed by atoms with E-state index in [4.69, 9.17) is 5.73 Å². The van der Waals surface area contributed by atoms with Crippen LogP contribution in [0, 0.1) is 0 Å². The van der Waals surface area contributed by atoms with Gasteiger partial charge in [-0.15, -0.1) is 0 Å². The van der Waals surface area contributed by atoms with Gasteiger partial charge < -0.3 is 23.6 Å². The fourth-order valence-corrected chi connectivity index (χ4v) is 1.25. The van der Waals surface area contributed by atoms with Crippen LogP contribution in [0.4, 0.5) is 12.9 Å². The number of carbonyl (C=O) groups excluding carboxylic acids is 1. The molecule has 3 nitrogen and oxygen atoms in total. The normalized spacial score (nSPS) is 23.2. The molecule has 1 atom stereocenters. The van der Waals surface area contributed by atoms with Crippen LogP contribution in [0.3, 0.4) is 0 Å². The number of carbonyl (C=O) groups is 1. The summed E-state index contributed by atoms with van der Waals surface area (Å²) in [5.41, 5.74) is 4.87. The van der Waals surface area contributed by atoms with Gasteiger partial charge in [0.1, 0.15) is 0 Å². The van der Waals surface area contributed by atoms with Crippen LogP contribution >= 0.6 is 0 Å². The van der Waals surface area contributed by atoms with Crippen LogP contribution in [-0.4, -0.2) is 36.8 Å². The number of hydrogen-bond donors (Lipinski definition) is 1. The van der Waals surface area contributed by atoms with Crippen molar-refractivity contribution in [3.05, 3.63) is 0 Å². The molecule has 2 N–H and O–H groups in total. The summed E-state index contributed by atoms with van der Waals surface area (Å²) in [6, 6.07) is -0.700. The quantitative estimate of drug-likeness (QED) is 0.513. The van der Waals surface area contributed by atoms with E-state index in [0.717, 1.165) is 4.90 Å². The number of primary amides is 1. The Morgan fingerprint density at radius 1 is 1.54 bits per heavy atom. The molecule has 1 aliphatic heterocycles. The first-order valence-corrected chi connectivity index (χ1v) is 3.64. The second-order valence-corrected chi connectivity index (χ2v) is 2.91.